The van der Waals surface area contributed by atoms with Gasteiger partial charge in [0.15, 0.2) is 5.11 Å². The molecule has 0 spiro atoms. The maximum Gasteiger partial charge on any atom is 0.341 e. The molecule has 10 heteroatoms. The van der Waals surface area contributed by atoms with E-state index in [9.17, 15) is 9.59 Å². The molecule has 0 saturated carbocycles. The lowest BCUT2D eigenvalue weighted by molar-refractivity contribution is 0.0526. The Morgan fingerprint density at radius 3 is 2.71 bits per heavy atom. The van der Waals surface area contributed by atoms with Gasteiger partial charge >= 0.3 is 5.97 Å². The number of nitrogens with zero attached hydrogens (tertiary/aromatic N) is 2. The molecule has 0 unspecified atom stereocenters. The van der Waals surface area contributed by atoms with Crippen molar-refractivity contribution in [1.82, 2.24) is 15.1 Å². The molecule has 2 N–H and O–H groups in total. The lowest BCUT2D eigenvalue weighted by Gasteiger charge is -2.21. The van der Waals surface area contributed by atoms with Gasteiger partial charge in [0.25, 0.3) is 5.91 Å². The van der Waals surface area contributed by atoms with Crippen molar-refractivity contribution in [3.63, 3.8) is 0 Å². The number of thiocarbonyl (C=S) groups is 1. The van der Waals surface area contributed by atoms with Gasteiger partial charge in [0.2, 0.25) is 0 Å². The van der Waals surface area contributed by atoms with Crippen LogP contribution in [0.15, 0.2) is 41.1 Å². The van der Waals surface area contributed by atoms with Crippen LogP contribution >= 0.6 is 39.5 Å². The molecule has 2 heterocycles. The van der Waals surface area contributed by atoms with Crippen LogP contribution in [-0.2, 0) is 24.1 Å². The maximum atomic E-state index is 12.8. The van der Waals surface area contributed by atoms with Crippen LogP contribution in [0.2, 0.25) is 0 Å². The molecule has 0 aliphatic heterocycles. The molecule has 1 aromatic carbocycles. The number of esters is 1. The summed E-state index contributed by atoms with van der Waals surface area (Å²) in [5.74, 6) is -0.0502. The summed E-state index contributed by atoms with van der Waals surface area (Å²) < 4.78 is 8.04. The van der Waals surface area contributed by atoms with Crippen molar-refractivity contribution in [3.05, 3.63) is 68.3 Å². The molecule has 1 atom stereocenters. The second kappa shape index (κ2) is 11.5. The maximum absolute atomic E-state index is 12.8. The van der Waals surface area contributed by atoms with Crippen LogP contribution in [0.4, 0.5) is 5.00 Å². The molecule has 0 saturated heterocycles. The lowest BCUT2D eigenvalue weighted by Crippen LogP contribution is -2.34. The summed E-state index contributed by atoms with van der Waals surface area (Å²) in [6.07, 6.45) is 7.59. The number of rotatable bonds is 7. The van der Waals surface area contributed by atoms with Crippen molar-refractivity contribution in [2.45, 2.75) is 46.1 Å². The highest BCUT2D eigenvalue weighted by atomic mass is 79.9. The topological polar surface area (TPSA) is 85.3 Å². The van der Waals surface area contributed by atoms with Crippen LogP contribution in [0.5, 0.6) is 0 Å². The van der Waals surface area contributed by atoms with E-state index in [1.807, 2.05) is 23.0 Å². The van der Waals surface area contributed by atoms with Gasteiger partial charge in [-0.3, -0.25) is 14.8 Å². The summed E-state index contributed by atoms with van der Waals surface area (Å²) >= 11 is 10.3. The van der Waals surface area contributed by atoms with Gasteiger partial charge in [0.1, 0.15) is 5.00 Å². The average Bonchev–Trinajstić information content (AvgIpc) is 3.41. The number of anilines is 1. The number of carbonyl (C=O) groups excluding carboxylic acids is 2. The highest BCUT2D eigenvalue weighted by molar-refractivity contribution is 9.10. The second-order valence-corrected chi connectivity index (χ2v) is 10.8. The normalized spacial score (nSPS) is 14.8. The van der Waals surface area contributed by atoms with Crippen molar-refractivity contribution in [3.8, 4) is 0 Å². The summed E-state index contributed by atoms with van der Waals surface area (Å²) in [5.41, 5.74) is 3.11. The van der Waals surface area contributed by atoms with Crippen molar-refractivity contribution >= 4 is 61.5 Å². The molecule has 0 radical (unpaired) electrons. The third-order valence-electron chi connectivity index (χ3n) is 6.04. The van der Waals surface area contributed by atoms with E-state index >= 15 is 0 Å². The van der Waals surface area contributed by atoms with Gasteiger partial charge in [-0.15, -0.1) is 11.3 Å². The molecule has 0 bridgehead atoms. The van der Waals surface area contributed by atoms with E-state index in [1.54, 1.807) is 25.3 Å². The van der Waals surface area contributed by atoms with E-state index in [0.29, 0.717) is 35.2 Å². The number of benzene rings is 1. The molecule has 35 heavy (non-hydrogen) atoms. The Kier molecular flexibility index (Phi) is 8.35. The minimum absolute atomic E-state index is 0.150. The zero-order valence-electron chi connectivity index (χ0n) is 19.6. The molecule has 2 aromatic heterocycles. The molecule has 1 aliphatic carbocycles. The van der Waals surface area contributed by atoms with Crippen LogP contribution in [0.3, 0.4) is 0 Å². The summed E-state index contributed by atoms with van der Waals surface area (Å²) in [7, 11) is 0. The van der Waals surface area contributed by atoms with Crippen LogP contribution < -0.4 is 10.6 Å². The Balaban J connectivity index is 1.43. The molecule has 3 aromatic rings. The first-order valence-corrected chi connectivity index (χ1v) is 13.6. The van der Waals surface area contributed by atoms with E-state index in [2.05, 4.69) is 38.6 Å². The Morgan fingerprint density at radius 2 is 2.06 bits per heavy atom. The fourth-order valence-corrected chi connectivity index (χ4v) is 6.13. The van der Waals surface area contributed by atoms with Gasteiger partial charge < -0.3 is 10.1 Å². The number of fused-ring (bicyclic) bond motifs is 1. The number of hydrogen-bond donors (Lipinski definition) is 2. The average molecular weight is 576 g/mol. The second-order valence-electron chi connectivity index (χ2n) is 8.41. The SMILES string of the molecule is CCOC(=O)c1c(NC(=S)NC(=O)c2ccc(Cn3cc(Br)cn3)cc2)sc2c1CC[C@H](CC)C2. The van der Waals surface area contributed by atoms with Crippen molar-refractivity contribution < 1.29 is 14.3 Å². The van der Waals surface area contributed by atoms with Gasteiger partial charge in [-0.25, -0.2) is 4.79 Å². The highest BCUT2D eigenvalue weighted by Gasteiger charge is 2.29. The Labute approximate surface area is 222 Å². The first-order valence-electron chi connectivity index (χ1n) is 11.6. The van der Waals surface area contributed by atoms with Gasteiger partial charge in [0, 0.05) is 16.6 Å². The van der Waals surface area contributed by atoms with Gasteiger partial charge in [-0.1, -0.05) is 25.5 Å². The molecule has 184 valence electrons. The van der Waals surface area contributed by atoms with Crippen LogP contribution in [0, 0.1) is 5.92 Å². The zero-order chi connectivity index (χ0) is 24.9. The minimum Gasteiger partial charge on any atom is -0.462 e. The fourth-order valence-electron chi connectivity index (χ4n) is 4.19. The van der Waals surface area contributed by atoms with Crippen LogP contribution in [0.25, 0.3) is 0 Å². The van der Waals surface area contributed by atoms with Crippen molar-refractivity contribution in [1.29, 1.82) is 0 Å². The van der Waals surface area contributed by atoms with Gasteiger partial charge in [-0.05, 0) is 83.5 Å². The zero-order valence-corrected chi connectivity index (χ0v) is 22.8. The third kappa shape index (κ3) is 6.17. The summed E-state index contributed by atoms with van der Waals surface area (Å²) in [6, 6.07) is 7.28. The summed E-state index contributed by atoms with van der Waals surface area (Å²) in [5, 5.41) is 10.8. The third-order valence-corrected chi connectivity index (χ3v) is 7.82. The fraction of sp³-hybridized carbons (Fsp3) is 0.360. The number of aromatic nitrogens is 2. The van der Waals surface area contributed by atoms with E-state index in [0.717, 1.165) is 41.3 Å². The lowest BCUT2D eigenvalue weighted by atomic mass is 9.86. The van der Waals surface area contributed by atoms with Gasteiger partial charge in [0.05, 0.1) is 29.4 Å². The van der Waals surface area contributed by atoms with Crippen molar-refractivity contribution in [2.24, 2.45) is 5.92 Å². The van der Waals surface area contributed by atoms with Gasteiger partial charge in [-0.2, -0.15) is 5.10 Å². The molecule has 1 amide bonds. The molecular formula is C25H27BrN4O3S2. The number of nitrogens with one attached hydrogen (secondary N) is 2. The summed E-state index contributed by atoms with van der Waals surface area (Å²) in [6.45, 7) is 4.89. The van der Waals surface area contributed by atoms with Crippen LogP contribution in [-0.4, -0.2) is 33.4 Å². The molecule has 7 nitrogen and oxygen atoms in total. The van der Waals surface area contributed by atoms with Crippen molar-refractivity contribution in [2.75, 3.05) is 11.9 Å². The quantitative estimate of drug-likeness (QED) is 0.283. The number of thiophene rings is 1. The number of amides is 1. The first kappa shape index (κ1) is 25.5. The van der Waals surface area contributed by atoms with E-state index in [-0.39, 0.29) is 17.0 Å². The van der Waals surface area contributed by atoms with E-state index in [1.165, 1.54) is 16.2 Å². The standard InChI is InChI=1S/C25H27BrN4O3S2/c1-3-15-7-10-19-20(11-15)35-23(21(19)24(32)33-4-2)29-25(34)28-22(31)17-8-5-16(6-9-17)13-30-14-18(26)12-27-30/h5-6,8-9,12,14-15H,3-4,7,10-11,13H2,1-2H3,(H2,28,29,31,34)/t15-/m0/s1. The highest BCUT2D eigenvalue weighted by Crippen LogP contribution is 2.40. The Hall–Kier alpha value is -2.56. The number of ether oxygens (including phenoxy) is 1. The predicted octanol–water partition coefficient (Wildman–Crippen LogP) is 5.57. The monoisotopic (exact) mass is 574 g/mol. The largest absolute Gasteiger partial charge is 0.462 e. The number of carbonyl (C=O) groups is 2. The predicted molar refractivity (Wildman–Crippen MR) is 145 cm³/mol. The molecule has 0 fully saturated rings. The molecule has 4 rings (SSSR count). The molecule has 1 aliphatic rings. The molecular weight excluding hydrogens is 548 g/mol. The number of halogens is 1. The number of hydrogen-bond acceptors (Lipinski definition) is 6. The first-order chi connectivity index (χ1) is 16.9. The van der Waals surface area contributed by atoms with Crippen LogP contribution in [0.1, 0.15) is 63.4 Å². The van der Waals surface area contributed by atoms with E-state index in [4.69, 9.17) is 17.0 Å². The van der Waals surface area contributed by atoms with E-state index < -0.39 is 0 Å². The minimum atomic E-state index is -0.351. The Morgan fingerprint density at radius 1 is 1.29 bits per heavy atom. The summed E-state index contributed by atoms with van der Waals surface area (Å²) in [4.78, 5) is 26.7. The Bertz CT molecular complexity index is 1240. The smallest absolute Gasteiger partial charge is 0.341 e.